The quantitative estimate of drug-likeness (QED) is 0.282. The number of carbonyl (C=O) groups is 2. The molecule has 0 saturated heterocycles. The van der Waals surface area contributed by atoms with Crippen molar-refractivity contribution in [2.45, 2.75) is 117 Å². The number of unbranched alkanes of at least 4 members (excludes halogenated alkanes) is 8. The molecular formula is C25H41N5O4. The zero-order valence-electron chi connectivity index (χ0n) is 20.8. The highest BCUT2D eigenvalue weighted by atomic mass is 16.5. The summed E-state index contributed by atoms with van der Waals surface area (Å²) in [5.41, 5.74) is 5.71. The molecule has 0 atom stereocenters. The van der Waals surface area contributed by atoms with Crippen LogP contribution in [0.3, 0.4) is 0 Å². The highest BCUT2D eigenvalue weighted by Gasteiger charge is 2.19. The van der Waals surface area contributed by atoms with Gasteiger partial charge in [0.05, 0.1) is 12.4 Å². The van der Waals surface area contributed by atoms with Crippen molar-refractivity contribution in [1.29, 1.82) is 0 Å². The molecule has 34 heavy (non-hydrogen) atoms. The zero-order chi connectivity index (χ0) is 24.8. The Morgan fingerprint density at radius 3 is 2.09 bits per heavy atom. The first kappa shape index (κ1) is 27.7. The van der Waals surface area contributed by atoms with Crippen molar-refractivity contribution in [3.63, 3.8) is 0 Å². The Bertz CT molecular complexity index is 924. The van der Waals surface area contributed by atoms with E-state index in [9.17, 15) is 14.4 Å². The lowest BCUT2D eigenvalue weighted by Gasteiger charge is -2.17. The minimum Gasteiger partial charge on any atom is -0.369 e. The van der Waals surface area contributed by atoms with Crippen LogP contribution in [0.2, 0.25) is 0 Å². The molecule has 0 amide bonds. The maximum absolute atomic E-state index is 12.6. The van der Waals surface area contributed by atoms with E-state index in [0.29, 0.717) is 18.5 Å². The van der Waals surface area contributed by atoms with Crippen molar-refractivity contribution in [2.75, 3.05) is 5.73 Å². The number of rotatable bonds is 19. The number of Topliss-reactive ketones (excluding diaryl/α,β-unsaturated/α-hetero) is 2. The largest absolute Gasteiger partial charge is 0.369 e. The zero-order valence-corrected chi connectivity index (χ0v) is 20.8. The Hall–Kier alpha value is -2.55. The van der Waals surface area contributed by atoms with Gasteiger partial charge in [-0.15, -0.1) is 0 Å². The van der Waals surface area contributed by atoms with Gasteiger partial charge in [0.25, 0.3) is 5.56 Å². The number of fused-ring (bicyclic) bond motifs is 1. The monoisotopic (exact) mass is 475 g/mol. The third-order valence-electron chi connectivity index (χ3n) is 5.97. The van der Waals surface area contributed by atoms with Crippen molar-refractivity contribution >= 4 is 28.7 Å². The first-order valence-electron chi connectivity index (χ1n) is 12.8. The number of anilines is 1. The predicted octanol–water partition coefficient (Wildman–Crippen LogP) is 4.68. The number of nitrogens with one attached hydrogen (secondary N) is 1. The van der Waals surface area contributed by atoms with Crippen LogP contribution in [0.15, 0.2) is 11.1 Å². The molecule has 0 spiro atoms. The Labute approximate surface area is 201 Å². The minimum atomic E-state index is -0.511. The molecular weight excluding hydrogens is 434 g/mol. The van der Waals surface area contributed by atoms with Crippen molar-refractivity contribution in [1.82, 2.24) is 19.5 Å². The van der Waals surface area contributed by atoms with Crippen molar-refractivity contribution in [3.8, 4) is 0 Å². The molecule has 2 heterocycles. The lowest BCUT2D eigenvalue weighted by Crippen LogP contribution is -2.23. The third-order valence-corrected chi connectivity index (χ3v) is 5.97. The van der Waals surface area contributed by atoms with Crippen molar-refractivity contribution in [3.05, 3.63) is 16.7 Å². The van der Waals surface area contributed by atoms with Gasteiger partial charge in [-0.3, -0.25) is 23.9 Å². The fourth-order valence-corrected chi connectivity index (χ4v) is 4.00. The topological polar surface area (TPSA) is 133 Å². The van der Waals surface area contributed by atoms with Gasteiger partial charge in [-0.2, -0.15) is 4.98 Å². The summed E-state index contributed by atoms with van der Waals surface area (Å²) in [4.78, 5) is 47.8. The smallest absolute Gasteiger partial charge is 0.280 e. The molecule has 3 N–H and O–H groups in total. The summed E-state index contributed by atoms with van der Waals surface area (Å²) in [6.07, 6.45) is 13.2. The van der Waals surface area contributed by atoms with E-state index in [4.69, 9.17) is 10.5 Å². The van der Waals surface area contributed by atoms with E-state index in [1.54, 1.807) is 4.57 Å². The minimum absolute atomic E-state index is 0.00713. The SMILES string of the molecule is CCCCCCCC(=O)CC(CC(=O)CCCCCCC)OCn1cnc2c(=O)[nH]c(N)nc21. The van der Waals surface area contributed by atoms with Crippen molar-refractivity contribution in [2.24, 2.45) is 0 Å². The lowest BCUT2D eigenvalue weighted by molar-refractivity contribution is -0.127. The summed E-state index contributed by atoms with van der Waals surface area (Å²) in [6, 6.07) is 0. The molecule has 0 aliphatic carbocycles. The molecule has 0 aromatic carbocycles. The summed E-state index contributed by atoms with van der Waals surface area (Å²) in [5.74, 6) is 0.227. The maximum atomic E-state index is 12.6. The lowest BCUT2D eigenvalue weighted by atomic mass is 10.00. The van der Waals surface area contributed by atoms with E-state index in [2.05, 4.69) is 28.8 Å². The number of aromatic nitrogens is 4. The number of hydrogen-bond acceptors (Lipinski definition) is 7. The molecule has 0 unspecified atom stereocenters. The summed E-state index contributed by atoms with van der Waals surface area (Å²) in [6.45, 7) is 4.36. The van der Waals surface area contributed by atoms with Crippen LogP contribution >= 0.6 is 0 Å². The van der Waals surface area contributed by atoms with Gasteiger partial charge in [0, 0.05) is 25.7 Å². The number of aromatic amines is 1. The molecule has 190 valence electrons. The first-order valence-corrected chi connectivity index (χ1v) is 12.8. The summed E-state index contributed by atoms with van der Waals surface area (Å²) in [7, 11) is 0. The van der Waals surface area contributed by atoms with E-state index < -0.39 is 11.7 Å². The number of carbonyl (C=O) groups excluding carboxylic acids is 2. The second-order valence-corrected chi connectivity index (χ2v) is 9.07. The van der Waals surface area contributed by atoms with E-state index >= 15 is 0 Å². The number of imidazole rings is 1. The molecule has 2 aromatic rings. The van der Waals surface area contributed by atoms with Crippen LogP contribution in [0.1, 0.15) is 104 Å². The highest BCUT2D eigenvalue weighted by Crippen LogP contribution is 2.16. The number of H-pyrrole nitrogens is 1. The fourth-order valence-electron chi connectivity index (χ4n) is 4.00. The molecule has 0 bridgehead atoms. The molecule has 9 heteroatoms. The normalized spacial score (nSPS) is 11.5. The average molecular weight is 476 g/mol. The molecule has 2 aromatic heterocycles. The molecule has 9 nitrogen and oxygen atoms in total. The van der Waals surface area contributed by atoms with Crippen LogP contribution in [0, 0.1) is 0 Å². The van der Waals surface area contributed by atoms with Crippen LogP contribution in [0.25, 0.3) is 11.2 Å². The molecule has 0 aliphatic heterocycles. The molecule has 0 fully saturated rings. The molecule has 0 radical (unpaired) electrons. The number of ether oxygens (including phenoxy) is 1. The average Bonchev–Trinajstić information content (AvgIpc) is 3.20. The second-order valence-electron chi connectivity index (χ2n) is 9.07. The van der Waals surface area contributed by atoms with Crippen LogP contribution in [-0.4, -0.2) is 37.2 Å². The van der Waals surface area contributed by atoms with Gasteiger partial charge in [0.1, 0.15) is 18.3 Å². The predicted molar refractivity (Wildman–Crippen MR) is 133 cm³/mol. The van der Waals surface area contributed by atoms with Gasteiger partial charge in [-0.05, 0) is 12.8 Å². The summed E-state index contributed by atoms with van der Waals surface area (Å²) in [5, 5.41) is 0. The van der Waals surface area contributed by atoms with E-state index in [1.165, 1.54) is 32.0 Å². The Morgan fingerprint density at radius 1 is 0.971 bits per heavy atom. The van der Waals surface area contributed by atoms with Crippen LogP contribution < -0.4 is 11.3 Å². The first-order chi connectivity index (χ1) is 16.4. The Kier molecular flexibility index (Phi) is 12.5. The second kappa shape index (κ2) is 15.4. The summed E-state index contributed by atoms with van der Waals surface area (Å²) < 4.78 is 7.56. The van der Waals surface area contributed by atoms with Gasteiger partial charge >= 0.3 is 0 Å². The van der Waals surface area contributed by atoms with Gasteiger partial charge in [0.15, 0.2) is 11.2 Å². The number of nitrogens with zero attached hydrogens (tertiary/aromatic N) is 3. The van der Waals surface area contributed by atoms with Gasteiger partial charge in [-0.25, -0.2) is 4.98 Å². The van der Waals surface area contributed by atoms with Crippen LogP contribution in [0.5, 0.6) is 0 Å². The maximum Gasteiger partial charge on any atom is 0.280 e. The highest BCUT2D eigenvalue weighted by molar-refractivity contribution is 5.82. The Morgan fingerprint density at radius 2 is 1.53 bits per heavy atom. The van der Waals surface area contributed by atoms with Crippen LogP contribution in [0.4, 0.5) is 5.95 Å². The van der Waals surface area contributed by atoms with Crippen molar-refractivity contribution < 1.29 is 14.3 Å². The van der Waals surface area contributed by atoms with E-state index in [0.717, 1.165) is 38.5 Å². The standard InChI is InChI=1S/C25H41N5O4/c1-3-5-7-9-11-13-19(31)15-21(16-20(32)14-12-10-8-6-4-2)34-18-30-17-27-22-23(30)28-25(26)29-24(22)33/h17,21H,3-16,18H2,1-2H3,(H3,26,28,29,33). The Balaban J connectivity index is 1.95. The molecule has 0 saturated carbocycles. The fraction of sp³-hybridized carbons (Fsp3) is 0.720. The third kappa shape index (κ3) is 9.75. The number of nitrogen functional groups attached to an aromatic ring is 1. The van der Waals surface area contributed by atoms with Crippen LogP contribution in [-0.2, 0) is 21.1 Å². The number of nitrogens with two attached hydrogens (primary N) is 1. The number of ketones is 2. The number of hydrogen-bond donors (Lipinski definition) is 2. The van der Waals surface area contributed by atoms with Gasteiger partial charge in [0.2, 0.25) is 5.95 Å². The molecule has 0 aliphatic rings. The summed E-state index contributed by atoms with van der Waals surface area (Å²) >= 11 is 0. The van der Waals surface area contributed by atoms with E-state index in [1.807, 2.05) is 0 Å². The van der Waals surface area contributed by atoms with Gasteiger partial charge < -0.3 is 10.5 Å². The van der Waals surface area contributed by atoms with E-state index in [-0.39, 0.29) is 42.6 Å². The van der Waals surface area contributed by atoms with Gasteiger partial charge in [-0.1, -0.05) is 65.2 Å². The molecule has 2 rings (SSSR count).